The van der Waals surface area contributed by atoms with Gasteiger partial charge >= 0.3 is 0 Å². The Balaban J connectivity index is 1.88. The Morgan fingerprint density at radius 1 is 1.19 bits per heavy atom. The molecule has 2 rings (SSSR count). The lowest BCUT2D eigenvalue weighted by molar-refractivity contribution is -0.122. The maximum atomic E-state index is 12.3. The van der Waals surface area contributed by atoms with Gasteiger partial charge in [-0.05, 0) is 63.0 Å². The van der Waals surface area contributed by atoms with E-state index in [1.54, 1.807) is 0 Å². The molecule has 0 radical (unpaired) electrons. The summed E-state index contributed by atoms with van der Waals surface area (Å²) >= 11 is 0. The molecular formula is C16H23N3O2. The van der Waals surface area contributed by atoms with Gasteiger partial charge in [-0.25, -0.2) is 0 Å². The zero-order valence-corrected chi connectivity index (χ0v) is 12.7. The lowest BCUT2D eigenvalue weighted by Crippen LogP contribution is -2.42. The fourth-order valence-corrected chi connectivity index (χ4v) is 2.86. The highest BCUT2D eigenvalue weighted by atomic mass is 16.2. The fourth-order valence-electron chi connectivity index (χ4n) is 2.86. The van der Waals surface area contributed by atoms with E-state index in [9.17, 15) is 9.59 Å². The van der Waals surface area contributed by atoms with Gasteiger partial charge in [-0.1, -0.05) is 6.07 Å². The van der Waals surface area contributed by atoms with Crippen molar-refractivity contribution in [2.75, 3.05) is 25.0 Å². The Hall–Kier alpha value is -1.88. The fraction of sp³-hybridized carbons (Fsp3) is 0.500. The van der Waals surface area contributed by atoms with Gasteiger partial charge in [-0.3, -0.25) is 14.5 Å². The highest BCUT2D eigenvalue weighted by Gasteiger charge is 2.25. The number of anilines is 1. The van der Waals surface area contributed by atoms with Gasteiger partial charge in [0.15, 0.2) is 0 Å². The van der Waals surface area contributed by atoms with E-state index in [1.165, 1.54) is 0 Å². The predicted octanol–water partition coefficient (Wildman–Crippen LogP) is 1.44. The summed E-state index contributed by atoms with van der Waals surface area (Å²) in [6.07, 6.45) is 1.54. The van der Waals surface area contributed by atoms with Crippen molar-refractivity contribution in [3.8, 4) is 0 Å². The molecule has 1 aliphatic heterocycles. The summed E-state index contributed by atoms with van der Waals surface area (Å²) < 4.78 is 0. The van der Waals surface area contributed by atoms with Crippen LogP contribution in [0.3, 0.4) is 0 Å². The van der Waals surface area contributed by atoms with E-state index < -0.39 is 0 Å². The second kappa shape index (κ2) is 6.72. The maximum absolute atomic E-state index is 12.3. The van der Waals surface area contributed by atoms with E-state index in [0.717, 1.165) is 42.7 Å². The molecule has 0 unspecified atom stereocenters. The topological polar surface area (TPSA) is 75.4 Å². The molecule has 1 fully saturated rings. The van der Waals surface area contributed by atoms with E-state index >= 15 is 0 Å². The van der Waals surface area contributed by atoms with Crippen LogP contribution in [0.25, 0.3) is 0 Å². The first kappa shape index (κ1) is 15.5. The second-order valence-electron chi connectivity index (χ2n) is 5.88. The van der Waals surface area contributed by atoms with Crippen molar-refractivity contribution in [1.82, 2.24) is 4.90 Å². The quantitative estimate of drug-likeness (QED) is 0.880. The molecule has 1 saturated heterocycles. The largest absolute Gasteiger partial charge is 0.369 e. The Morgan fingerprint density at radius 3 is 2.29 bits per heavy atom. The number of aryl methyl sites for hydroxylation is 2. The van der Waals surface area contributed by atoms with Crippen molar-refractivity contribution < 1.29 is 9.59 Å². The average Bonchev–Trinajstić information content (AvgIpc) is 2.37. The van der Waals surface area contributed by atoms with Gasteiger partial charge in [0, 0.05) is 11.6 Å². The minimum absolute atomic E-state index is 0.00921. The van der Waals surface area contributed by atoms with Crippen LogP contribution in [-0.4, -0.2) is 36.3 Å². The van der Waals surface area contributed by atoms with Gasteiger partial charge in [0.05, 0.1) is 6.54 Å². The third kappa shape index (κ3) is 4.56. The van der Waals surface area contributed by atoms with Crippen LogP contribution in [0.4, 0.5) is 5.69 Å². The number of carbonyl (C=O) groups is 2. The van der Waals surface area contributed by atoms with Crippen molar-refractivity contribution in [1.29, 1.82) is 0 Å². The number of nitrogens with one attached hydrogen (secondary N) is 1. The molecule has 114 valence electrons. The first-order chi connectivity index (χ1) is 9.94. The number of likely N-dealkylation sites (tertiary alicyclic amines) is 1. The molecule has 1 aromatic rings. The van der Waals surface area contributed by atoms with Gasteiger partial charge in [-0.2, -0.15) is 0 Å². The molecule has 1 heterocycles. The number of hydrogen-bond acceptors (Lipinski definition) is 3. The molecule has 5 nitrogen and oxygen atoms in total. The molecular weight excluding hydrogens is 266 g/mol. The number of hydrogen-bond donors (Lipinski definition) is 2. The highest BCUT2D eigenvalue weighted by molar-refractivity contribution is 5.92. The van der Waals surface area contributed by atoms with Crippen LogP contribution in [-0.2, 0) is 9.59 Å². The van der Waals surface area contributed by atoms with Gasteiger partial charge in [0.1, 0.15) is 0 Å². The molecule has 3 N–H and O–H groups in total. The maximum Gasteiger partial charge on any atom is 0.231 e. The number of piperidine rings is 1. The molecule has 0 atom stereocenters. The number of amides is 2. The monoisotopic (exact) mass is 289 g/mol. The number of benzene rings is 1. The van der Waals surface area contributed by atoms with Crippen LogP contribution < -0.4 is 11.1 Å². The Kier molecular flexibility index (Phi) is 4.96. The minimum atomic E-state index is -0.312. The van der Waals surface area contributed by atoms with Crippen LogP contribution in [0, 0.1) is 19.8 Å². The first-order valence-corrected chi connectivity index (χ1v) is 7.34. The van der Waals surface area contributed by atoms with Crippen LogP contribution in [0.5, 0.6) is 0 Å². The van der Waals surface area contributed by atoms with E-state index in [1.807, 2.05) is 30.9 Å². The van der Waals surface area contributed by atoms with Gasteiger partial charge in [-0.15, -0.1) is 0 Å². The lowest BCUT2D eigenvalue weighted by Gasteiger charge is -2.30. The summed E-state index contributed by atoms with van der Waals surface area (Å²) in [6, 6.07) is 6.04. The summed E-state index contributed by atoms with van der Waals surface area (Å²) in [6.45, 7) is 5.81. The third-order valence-corrected chi connectivity index (χ3v) is 3.83. The summed E-state index contributed by atoms with van der Waals surface area (Å²) in [5, 5.41) is 3.00. The van der Waals surface area contributed by atoms with E-state index in [-0.39, 0.29) is 24.3 Å². The molecule has 0 aliphatic carbocycles. The SMILES string of the molecule is Cc1cc(C)cc(NC(=O)C2CCN(CC(N)=O)CC2)c1. The van der Waals surface area contributed by atoms with Crippen LogP contribution >= 0.6 is 0 Å². The van der Waals surface area contributed by atoms with E-state index in [2.05, 4.69) is 11.4 Å². The molecule has 1 aliphatic rings. The number of nitrogens with zero attached hydrogens (tertiary/aromatic N) is 1. The van der Waals surface area contributed by atoms with Crippen molar-refractivity contribution >= 4 is 17.5 Å². The van der Waals surface area contributed by atoms with Gasteiger partial charge in [0.25, 0.3) is 0 Å². The van der Waals surface area contributed by atoms with E-state index in [4.69, 9.17) is 5.73 Å². The Bertz CT molecular complexity index is 514. The van der Waals surface area contributed by atoms with Crippen molar-refractivity contribution in [3.05, 3.63) is 29.3 Å². The number of nitrogens with two attached hydrogens (primary N) is 1. The predicted molar refractivity (Wildman–Crippen MR) is 82.9 cm³/mol. The number of carbonyl (C=O) groups excluding carboxylic acids is 2. The van der Waals surface area contributed by atoms with Gasteiger partial charge in [0.2, 0.25) is 11.8 Å². The lowest BCUT2D eigenvalue weighted by atomic mass is 9.95. The van der Waals surface area contributed by atoms with Crippen LogP contribution in [0.1, 0.15) is 24.0 Å². The Morgan fingerprint density at radius 2 is 1.76 bits per heavy atom. The van der Waals surface area contributed by atoms with Crippen LogP contribution in [0.2, 0.25) is 0 Å². The molecule has 0 bridgehead atoms. The second-order valence-corrected chi connectivity index (χ2v) is 5.88. The van der Waals surface area contributed by atoms with Crippen molar-refractivity contribution in [3.63, 3.8) is 0 Å². The van der Waals surface area contributed by atoms with E-state index in [0.29, 0.717) is 0 Å². The summed E-state index contributed by atoms with van der Waals surface area (Å²) in [4.78, 5) is 25.2. The summed E-state index contributed by atoms with van der Waals surface area (Å²) in [5.41, 5.74) is 8.33. The minimum Gasteiger partial charge on any atom is -0.369 e. The molecule has 2 amide bonds. The number of primary amides is 1. The smallest absolute Gasteiger partial charge is 0.231 e. The van der Waals surface area contributed by atoms with Crippen molar-refractivity contribution in [2.24, 2.45) is 11.7 Å². The molecule has 1 aromatic carbocycles. The summed E-state index contributed by atoms with van der Waals surface area (Å²) in [5.74, 6) is -0.234. The molecule has 0 saturated carbocycles. The summed E-state index contributed by atoms with van der Waals surface area (Å²) in [7, 11) is 0. The first-order valence-electron chi connectivity index (χ1n) is 7.34. The highest BCUT2D eigenvalue weighted by Crippen LogP contribution is 2.20. The zero-order valence-electron chi connectivity index (χ0n) is 12.7. The van der Waals surface area contributed by atoms with Crippen LogP contribution in [0.15, 0.2) is 18.2 Å². The Labute approximate surface area is 125 Å². The standard InChI is InChI=1S/C16H23N3O2/c1-11-7-12(2)9-14(8-11)18-16(21)13-3-5-19(6-4-13)10-15(17)20/h7-9,13H,3-6,10H2,1-2H3,(H2,17,20)(H,18,21). The number of rotatable bonds is 4. The molecule has 21 heavy (non-hydrogen) atoms. The normalized spacial score (nSPS) is 16.7. The third-order valence-electron chi connectivity index (χ3n) is 3.83. The molecule has 0 aromatic heterocycles. The molecule has 0 spiro atoms. The average molecular weight is 289 g/mol. The van der Waals surface area contributed by atoms with Crippen molar-refractivity contribution in [2.45, 2.75) is 26.7 Å². The molecule has 5 heteroatoms. The van der Waals surface area contributed by atoms with Gasteiger partial charge < -0.3 is 11.1 Å². The zero-order chi connectivity index (χ0) is 15.4.